The molecule has 0 radical (unpaired) electrons. The van der Waals surface area contributed by atoms with Crippen molar-refractivity contribution in [1.82, 2.24) is 0 Å². The minimum Gasteiger partial charge on any atom is -0.481 e. The smallest absolute Gasteiger partial charge is 0.316 e. The Kier molecular flexibility index (Phi) is 6.62. The maximum Gasteiger partial charge on any atom is 0.316 e. The van der Waals surface area contributed by atoms with E-state index in [0.717, 1.165) is 0 Å². The molecule has 2 aromatic carbocycles. The van der Waals surface area contributed by atoms with Gasteiger partial charge in [-0.2, -0.15) is 0 Å². The van der Waals surface area contributed by atoms with Gasteiger partial charge in [-0.15, -0.1) is 0 Å². The van der Waals surface area contributed by atoms with Crippen LogP contribution in [-0.4, -0.2) is 34.1 Å². The van der Waals surface area contributed by atoms with E-state index in [9.17, 15) is 4.79 Å². The lowest BCUT2D eigenvalue weighted by Gasteiger charge is -2.13. The minimum atomic E-state index is -0.889. The molecule has 0 aliphatic heterocycles. The number of carboxylic acids is 1. The summed E-state index contributed by atoms with van der Waals surface area (Å²) in [5.41, 5.74) is 1.93. The number of nitrogens with one attached hydrogen (secondary N) is 1. The van der Waals surface area contributed by atoms with E-state index in [2.05, 4.69) is 5.32 Å². The van der Waals surface area contributed by atoms with E-state index in [1.807, 2.05) is 6.07 Å². The highest BCUT2D eigenvalue weighted by Gasteiger charge is 2.10. The molecule has 6 heteroatoms. The Bertz CT molecular complexity index is 600. The second-order valence-corrected chi connectivity index (χ2v) is 4.76. The van der Waals surface area contributed by atoms with Crippen molar-refractivity contribution in [1.29, 1.82) is 0 Å². The van der Waals surface area contributed by atoms with Crippen molar-refractivity contribution in [3.63, 3.8) is 0 Å². The molecular weight excluding hydrogens is 309 g/mol. The zero-order chi connectivity index (χ0) is 13.8. The normalized spacial score (nSPS) is 9.70. The standard InChI is InChI=1S/C14H11Cl2NO2.Mg.2H/c15-10-5-3-6-11(16)14(10)17-12-7-2-1-4-9(12)8-13(18)19;;;/h1-7,17H,8H2,(H,18,19);;;. The molecule has 0 bridgehead atoms. The first-order valence-corrected chi connectivity index (χ1v) is 6.34. The Morgan fingerprint density at radius 3 is 2.25 bits per heavy atom. The molecule has 2 aromatic rings. The van der Waals surface area contributed by atoms with E-state index in [1.54, 1.807) is 36.4 Å². The molecule has 20 heavy (non-hydrogen) atoms. The summed E-state index contributed by atoms with van der Waals surface area (Å²) < 4.78 is 0. The quantitative estimate of drug-likeness (QED) is 0.848. The highest BCUT2D eigenvalue weighted by atomic mass is 35.5. The van der Waals surface area contributed by atoms with Crippen LogP contribution < -0.4 is 5.32 Å². The Labute approximate surface area is 143 Å². The summed E-state index contributed by atoms with van der Waals surface area (Å²) in [4.78, 5) is 10.8. The predicted octanol–water partition coefficient (Wildman–Crippen LogP) is 3.45. The summed E-state index contributed by atoms with van der Waals surface area (Å²) in [7, 11) is 0. The molecule has 0 heterocycles. The van der Waals surface area contributed by atoms with Crippen molar-refractivity contribution in [3.05, 3.63) is 58.1 Å². The Morgan fingerprint density at radius 1 is 1.05 bits per heavy atom. The molecule has 3 nitrogen and oxygen atoms in total. The van der Waals surface area contributed by atoms with E-state index >= 15 is 0 Å². The van der Waals surface area contributed by atoms with E-state index in [1.165, 1.54) is 0 Å². The lowest BCUT2D eigenvalue weighted by atomic mass is 10.1. The van der Waals surface area contributed by atoms with Crippen LogP contribution in [0.4, 0.5) is 11.4 Å². The van der Waals surface area contributed by atoms with Gasteiger partial charge in [0.05, 0.1) is 22.2 Å². The third-order valence-electron chi connectivity index (χ3n) is 2.58. The third kappa shape index (κ3) is 4.28. The second kappa shape index (κ2) is 7.74. The first-order valence-electron chi connectivity index (χ1n) is 5.58. The van der Waals surface area contributed by atoms with Crippen LogP contribution in [0.25, 0.3) is 0 Å². The highest BCUT2D eigenvalue weighted by molar-refractivity contribution is 6.39. The Morgan fingerprint density at radius 2 is 1.65 bits per heavy atom. The molecule has 2 N–H and O–H groups in total. The number of carboxylic acid groups (broad SMARTS) is 1. The van der Waals surface area contributed by atoms with Gasteiger partial charge < -0.3 is 10.4 Å². The molecule has 0 atom stereocenters. The first kappa shape index (κ1) is 17.1. The molecular formula is C14H13Cl2MgNO2. The molecule has 0 saturated carbocycles. The maximum absolute atomic E-state index is 10.8. The molecule has 0 aromatic heterocycles. The van der Waals surface area contributed by atoms with E-state index < -0.39 is 5.97 Å². The average Bonchev–Trinajstić information content (AvgIpc) is 2.35. The van der Waals surface area contributed by atoms with Crippen molar-refractivity contribution in [2.75, 3.05) is 5.32 Å². The molecule has 0 aliphatic carbocycles. The monoisotopic (exact) mass is 321 g/mol. The van der Waals surface area contributed by atoms with Gasteiger partial charge in [0.15, 0.2) is 0 Å². The summed E-state index contributed by atoms with van der Waals surface area (Å²) in [6, 6.07) is 12.3. The SMILES string of the molecule is O=C(O)Cc1ccccc1Nc1c(Cl)cccc1Cl.[MgH2]. The lowest BCUT2D eigenvalue weighted by Crippen LogP contribution is -2.04. The van der Waals surface area contributed by atoms with Crippen LogP contribution in [0, 0.1) is 0 Å². The Balaban J connectivity index is 0.00000200. The third-order valence-corrected chi connectivity index (χ3v) is 3.21. The summed E-state index contributed by atoms with van der Waals surface area (Å²) in [6.07, 6.45) is -0.0642. The Hall–Kier alpha value is -0.944. The van der Waals surface area contributed by atoms with Crippen LogP contribution in [0.3, 0.4) is 0 Å². The summed E-state index contributed by atoms with van der Waals surface area (Å²) in [6.45, 7) is 0. The fraction of sp³-hybridized carbons (Fsp3) is 0.0714. The topological polar surface area (TPSA) is 49.3 Å². The predicted molar refractivity (Wildman–Crippen MR) is 86.1 cm³/mol. The highest BCUT2D eigenvalue weighted by Crippen LogP contribution is 2.33. The maximum atomic E-state index is 10.8. The molecule has 0 amide bonds. The van der Waals surface area contributed by atoms with E-state index in [-0.39, 0.29) is 29.5 Å². The second-order valence-electron chi connectivity index (χ2n) is 3.95. The summed E-state index contributed by atoms with van der Waals surface area (Å²) >= 11 is 12.1. The van der Waals surface area contributed by atoms with Gasteiger partial charge in [-0.05, 0) is 23.8 Å². The van der Waals surface area contributed by atoms with Gasteiger partial charge in [-0.1, -0.05) is 47.5 Å². The first-order chi connectivity index (χ1) is 9.08. The van der Waals surface area contributed by atoms with Crippen molar-refractivity contribution < 1.29 is 9.90 Å². The van der Waals surface area contributed by atoms with Crippen LogP contribution in [0.2, 0.25) is 10.0 Å². The number of rotatable bonds is 4. The largest absolute Gasteiger partial charge is 0.481 e. The van der Waals surface area contributed by atoms with Crippen molar-refractivity contribution in [2.24, 2.45) is 0 Å². The van der Waals surface area contributed by atoms with Crippen LogP contribution in [0.15, 0.2) is 42.5 Å². The fourth-order valence-electron chi connectivity index (χ4n) is 1.71. The van der Waals surface area contributed by atoms with E-state index in [4.69, 9.17) is 28.3 Å². The van der Waals surface area contributed by atoms with E-state index in [0.29, 0.717) is 27.0 Å². The van der Waals surface area contributed by atoms with Crippen LogP contribution in [0.1, 0.15) is 5.56 Å². The van der Waals surface area contributed by atoms with Crippen LogP contribution in [-0.2, 0) is 11.2 Å². The molecule has 0 spiro atoms. The summed E-state index contributed by atoms with van der Waals surface area (Å²) in [5, 5.41) is 12.9. The van der Waals surface area contributed by atoms with Crippen LogP contribution >= 0.6 is 23.2 Å². The fourth-order valence-corrected chi connectivity index (χ4v) is 2.20. The minimum absolute atomic E-state index is 0. The zero-order valence-electron chi connectivity index (χ0n) is 9.86. The van der Waals surface area contributed by atoms with Gasteiger partial charge in [-0.3, -0.25) is 4.79 Å². The average molecular weight is 322 g/mol. The number of anilines is 2. The molecule has 0 aliphatic rings. The van der Waals surface area contributed by atoms with Gasteiger partial charge in [0.1, 0.15) is 0 Å². The van der Waals surface area contributed by atoms with Crippen molar-refractivity contribution >= 4 is 63.6 Å². The summed E-state index contributed by atoms with van der Waals surface area (Å²) in [5.74, 6) is -0.889. The number of halogens is 2. The van der Waals surface area contributed by atoms with Crippen molar-refractivity contribution in [2.45, 2.75) is 6.42 Å². The molecule has 2 rings (SSSR count). The number of para-hydroxylation sites is 2. The zero-order valence-corrected chi connectivity index (χ0v) is 11.4. The molecule has 102 valence electrons. The molecule has 0 fully saturated rings. The number of carbonyl (C=O) groups is 1. The number of hydrogen-bond donors (Lipinski definition) is 2. The number of hydrogen-bond acceptors (Lipinski definition) is 2. The van der Waals surface area contributed by atoms with Gasteiger partial charge in [0, 0.05) is 5.69 Å². The number of aliphatic carboxylic acids is 1. The van der Waals surface area contributed by atoms with Crippen molar-refractivity contribution in [3.8, 4) is 0 Å². The molecule has 0 saturated heterocycles. The molecule has 0 unspecified atom stereocenters. The van der Waals surface area contributed by atoms with Gasteiger partial charge in [0.2, 0.25) is 0 Å². The van der Waals surface area contributed by atoms with Gasteiger partial charge in [-0.25, -0.2) is 0 Å². The number of benzene rings is 2. The van der Waals surface area contributed by atoms with Gasteiger partial charge >= 0.3 is 29.0 Å². The van der Waals surface area contributed by atoms with Gasteiger partial charge in [0.25, 0.3) is 0 Å². The lowest BCUT2D eigenvalue weighted by molar-refractivity contribution is -0.136. The van der Waals surface area contributed by atoms with Crippen LogP contribution in [0.5, 0.6) is 0 Å².